The van der Waals surface area contributed by atoms with Gasteiger partial charge in [-0.05, 0) is 18.6 Å². The molecule has 1 aromatic carbocycles. The van der Waals surface area contributed by atoms with Crippen LogP contribution in [0.5, 0.6) is 11.5 Å². The molecule has 3 heteroatoms. The molecule has 0 radical (unpaired) electrons. The average molecular weight is 175 g/mol. The highest BCUT2D eigenvalue weighted by Crippen LogP contribution is 2.34. The van der Waals surface area contributed by atoms with Crippen LogP contribution in [0.3, 0.4) is 0 Å². The van der Waals surface area contributed by atoms with Crippen LogP contribution >= 0.6 is 0 Å². The minimum absolute atomic E-state index is 0.519. The highest BCUT2D eigenvalue weighted by atomic mass is 16.6. The molecule has 0 aliphatic carbocycles. The minimum atomic E-state index is 0.519. The van der Waals surface area contributed by atoms with Crippen LogP contribution in [0, 0.1) is 18.3 Å². The molecule has 0 bridgehead atoms. The van der Waals surface area contributed by atoms with Crippen molar-refractivity contribution in [2.24, 2.45) is 0 Å². The van der Waals surface area contributed by atoms with Gasteiger partial charge < -0.3 is 9.47 Å². The Morgan fingerprint density at radius 2 is 2.08 bits per heavy atom. The molecule has 0 fully saturated rings. The molecular weight excluding hydrogens is 166 g/mol. The van der Waals surface area contributed by atoms with Gasteiger partial charge in [-0.25, -0.2) is 0 Å². The summed E-state index contributed by atoms with van der Waals surface area (Å²) in [6, 6.07) is 5.82. The van der Waals surface area contributed by atoms with Gasteiger partial charge in [-0.2, -0.15) is 5.26 Å². The number of aryl methyl sites for hydroxylation is 1. The van der Waals surface area contributed by atoms with Crippen molar-refractivity contribution in [3.8, 4) is 17.6 Å². The molecule has 0 spiro atoms. The number of hydrogen-bond donors (Lipinski definition) is 0. The van der Waals surface area contributed by atoms with Crippen LogP contribution < -0.4 is 9.47 Å². The predicted octanol–water partition coefficient (Wildman–Crippen LogP) is 1.64. The van der Waals surface area contributed by atoms with Gasteiger partial charge in [-0.15, -0.1) is 0 Å². The van der Waals surface area contributed by atoms with E-state index >= 15 is 0 Å². The highest BCUT2D eigenvalue weighted by molar-refractivity contribution is 5.56. The van der Waals surface area contributed by atoms with Crippen molar-refractivity contribution in [1.29, 1.82) is 5.26 Å². The number of benzene rings is 1. The van der Waals surface area contributed by atoms with Gasteiger partial charge in [0.05, 0.1) is 0 Å². The fraction of sp³-hybridized carbons (Fsp3) is 0.300. The lowest BCUT2D eigenvalue weighted by Crippen LogP contribution is -2.16. The number of rotatable bonds is 0. The fourth-order valence-corrected chi connectivity index (χ4v) is 1.35. The summed E-state index contributed by atoms with van der Waals surface area (Å²) >= 11 is 0. The molecule has 66 valence electrons. The smallest absolute Gasteiger partial charge is 0.179 e. The lowest BCUT2D eigenvalue weighted by atomic mass is 10.1. The molecule has 0 unspecified atom stereocenters. The molecule has 2 rings (SSSR count). The van der Waals surface area contributed by atoms with Crippen LogP contribution in [0.2, 0.25) is 0 Å². The Kier molecular flexibility index (Phi) is 1.82. The van der Waals surface area contributed by atoms with Crippen molar-refractivity contribution >= 4 is 0 Å². The van der Waals surface area contributed by atoms with E-state index in [-0.39, 0.29) is 0 Å². The molecule has 1 aliphatic rings. The fourth-order valence-electron chi connectivity index (χ4n) is 1.35. The third-order valence-corrected chi connectivity index (χ3v) is 2.03. The Balaban J connectivity index is 2.60. The Hall–Kier alpha value is -1.69. The van der Waals surface area contributed by atoms with Gasteiger partial charge in [0.25, 0.3) is 0 Å². The molecule has 1 aromatic rings. The molecule has 0 N–H and O–H groups in total. The number of fused-ring (bicyclic) bond motifs is 1. The second-order valence-corrected chi connectivity index (χ2v) is 2.89. The molecule has 13 heavy (non-hydrogen) atoms. The van der Waals surface area contributed by atoms with E-state index in [2.05, 4.69) is 6.07 Å². The maximum Gasteiger partial charge on any atom is 0.179 e. The summed E-state index contributed by atoms with van der Waals surface area (Å²) in [5, 5.41) is 8.89. The summed E-state index contributed by atoms with van der Waals surface area (Å²) in [5.74, 6) is 1.27. The molecule has 0 saturated carbocycles. The van der Waals surface area contributed by atoms with Crippen molar-refractivity contribution in [3.05, 3.63) is 23.3 Å². The predicted molar refractivity (Wildman–Crippen MR) is 46.9 cm³/mol. The quantitative estimate of drug-likeness (QED) is 0.602. The van der Waals surface area contributed by atoms with Gasteiger partial charge in [0.1, 0.15) is 24.8 Å². The number of nitriles is 1. The van der Waals surface area contributed by atoms with Gasteiger partial charge >= 0.3 is 0 Å². The Morgan fingerprint density at radius 3 is 2.85 bits per heavy atom. The maximum atomic E-state index is 8.89. The Labute approximate surface area is 76.5 Å². The lowest BCUT2D eigenvalue weighted by Gasteiger charge is -2.19. The summed E-state index contributed by atoms with van der Waals surface area (Å²) in [6.45, 7) is 2.96. The van der Waals surface area contributed by atoms with Gasteiger partial charge in [0.15, 0.2) is 11.5 Å². The summed E-state index contributed by atoms with van der Waals surface area (Å²) in [5.41, 5.74) is 1.50. The van der Waals surface area contributed by atoms with Crippen molar-refractivity contribution in [2.45, 2.75) is 6.92 Å². The van der Waals surface area contributed by atoms with Crippen LogP contribution in [-0.2, 0) is 0 Å². The first-order chi connectivity index (χ1) is 6.33. The molecule has 0 atom stereocenters. The average Bonchev–Trinajstić information content (AvgIpc) is 2.18. The molecule has 0 saturated heterocycles. The largest absolute Gasteiger partial charge is 0.486 e. The second-order valence-electron chi connectivity index (χ2n) is 2.89. The van der Waals surface area contributed by atoms with Crippen molar-refractivity contribution in [3.63, 3.8) is 0 Å². The summed E-state index contributed by atoms with van der Waals surface area (Å²) < 4.78 is 10.7. The van der Waals surface area contributed by atoms with E-state index in [1.165, 1.54) is 0 Å². The van der Waals surface area contributed by atoms with Crippen LogP contribution in [0.25, 0.3) is 0 Å². The first kappa shape index (κ1) is 7.93. The first-order valence-corrected chi connectivity index (χ1v) is 4.12. The van der Waals surface area contributed by atoms with Crippen LogP contribution in [0.1, 0.15) is 11.1 Å². The monoisotopic (exact) mass is 175 g/mol. The van der Waals surface area contributed by atoms with Crippen molar-refractivity contribution in [2.75, 3.05) is 13.2 Å². The van der Waals surface area contributed by atoms with E-state index in [4.69, 9.17) is 14.7 Å². The standard InChI is InChI=1S/C10H9NO2/c1-7-2-3-9-10(8(7)6-11)13-5-4-12-9/h2-3H,4-5H2,1H3. The van der Waals surface area contributed by atoms with E-state index in [0.717, 1.165) is 5.56 Å². The van der Waals surface area contributed by atoms with Gasteiger partial charge in [0, 0.05) is 0 Å². The second kappa shape index (κ2) is 2.98. The van der Waals surface area contributed by atoms with Crippen LogP contribution in [0.15, 0.2) is 12.1 Å². The molecule has 0 aromatic heterocycles. The molecular formula is C10H9NO2. The molecule has 1 heterocycles. The SMILES string of the molecule is Cc1ccc2c(c1C#N)OCCO2. The maximum absolute atomic E-state index is 8.89. The van der Waals surface area contributed by atoms with Crippen molar-refractivity contribution < 1.29 is 9.47 Å². The third-order valence-electron chi connectivity index (χ3n) is 2.03. The zero-order valence-electron chi connectivity index (χ0n) is 7.33. The summed E-state index contributed by atoms with van der Waals surface area (Å²) in [4.78, 5) is 0. The first-order valence-electron chi connectivity index (χ1n) is 4.12. The lowest BCUT2D eigenvalue weighted by molar-refractivity contribution is 0.171. The highest BCUT2D eigenvalue weighted by Gasteiger charge is 2.17. The van der Waals surface area contributed by atoms with E-state index in [1.807, 2.05) is 19.1 Å². The molecule has 0 amide bonds. The van der Waals surface area contributed by atoms with Crippen molar-refractivity contribution in [1.82, 2.24) is 0 Å². The Morgan fingerprint density at radius 1 is 1.31 bits per heavy atom. The van der Waals surface area contributed by atoms with Gasteiger partial charge in [0.2, 0.25) is 0 Å². The molecule has 1 aliphatic heterocycles. The zero-order chi connectivity index (χ0) is 9.26. The molecule has 3 nitrogen and oxygen atoms in total. The van der Waals surface area contributed by atoms with E-state index in [0.29, 0.717) is 30.3 Å². The number of nitrogens with zero attached hydrogens (tertiary/aromatic N) is 1. The van der Waals surface area contributed by atoms with Gasteiger partial charge in [-0.3, -0.25) is 0 Å². The van der Waals surface area contributed by atoms with Crippen LogP contribution in [-0.4, -0.2) is 13.2 Å². The normalized spacial score (nSPS) is 13.5. The van der Waals surface area contributed by atoms with Gasteiger partial charge in [-0.1, -0.05) is 6.07 Å². The third kappa shape index (κ3) is 1.20. The topological polar surface area (TPSA) is 42.2 Å². The van der Waals surface area contributed by atoms with E-state index < -0.39 is 0 Å². The van der Waals surface area contributed by atoms with Crippen LogP contribution in [0.4, 0.5) is 0 Å². The Bertz CT molecular complexity index is 379. The van der Waals surface area contributed by atoms with E-state index in [1.54, 1.807) is 0 Å². The van der Waals surface area contributed by atoms with E-state index in [9.17, 15) is 0 Å². The number of ether oxygens (including phenoxy) is 2. The zero-order valence-corrected chi connectivity index (χ0v) is 7.33. The summed E-state index contributed by atoms with van der Waals surface area (Å²) in [6.07, 6.45) is 0. The minimum Gasteiger partial charge on any atom is -0.486 e. The summed E-state index contributed by atoms with van der Waals surface area (Å²) in [7, 11) is 0. The number of hydrogen-bond acceptors (Lipinski definition) is 3.